The van der Waals surface area contributed by atoms with Gasteiger partial charge < -0.3 is 34.8 Å². The highest BCUT2D eigenvalue weighted by molar-refractivity contribution is 8.06. The highest BCUT2D eigenvalue weighted by Gasteiger charge is 1.92. The van der Waals surface area contributed by atoms with Crippen molar-refractivity contribution in [2.24, 2.45) is 0 Å². The molecule has 0 aromatic heterocycles. The Morgan fingerprint density at radius 1 is 0.667 bits per heavy atom. The van der Waals surface area contributed by atoms with Crippen molar-refractivity contribution in [2.75, 3.05) is 0 Å². The van der Waals surface area contributed by atoms with Gasteiger partial charge in [-0.3, -0.25) is 0 Å². The molecule has 7 nitrogen and oxygen atoms in total. The summed E-state index contributed by atoms with van der Waals surface area (Å²) in [4.78, 5) is 45.3. The van der Waals surface area contributed by atoms with Gasteiger partial charge >= 0.3 is 13.4 Å². The van der Waals surface area contributed by atoms with Gasteiger partial charge in [-0.15, -0.1) is 0 Å². The lowest BCUT2D eigenvalue weighted by molar-refractivity contribution is 0.361. The van der Waals surface area contributed by atoms with Crippen molar-refractivity contribution >= 4 is 54.4 Å². The Kier molecular flexibility index (Phi) is 17.8. The molecule has 0 spiro atoms. The van der Waals surface area contributed by atoms with Crippen LogP contribution < -0.4 is 0 Å². The summed E-state index contributed by atoms with van der Waals surface area (Å²) in [7, 11) is 0. The van der Waals surface area contributed by atoms with Crippen LogP contribution in [0, 0.1) is 0 Å². The van der Waals surface area contributed by atoms with E-state index in [4.69, 9.17) is 29.4 Å². The number of hydrogen-bond donors (Lipinski definition) is 6. The maximum absolute atomic E-state index is 7.56. The molecule has 78 valence electrons. The molecule has 8 N–H and O–H groups in total. The Bertz CT molecular complexity index is 132. The van der Waals surface area contributed by atoms with E-state index in [0.29, 0.717) is 0 Å². The Hall–Kier alpha value is 1.55. The molecule has 0 radical (unpaired) electrons. The van der Waals surface area contributed by atoms with E-state index in [9.17, 15) is 0 Å². The molecule has 0 fully saturated rings. The van der Waals surface area contributed by atoms with Crippen molar-refractivity contribution in [2.45, 2.75) is 0 Å². The molecular weight excluding hydrogens is 265 g/mol. The van der Waals surface area contributed by atoms with Gasteiger partial charge in [0.2, 0.25) is 0 Å². The van der Waals surface area contributed by atoms with Crippen molar-refractivity contribution < 1.29 is 34.8 Å². The largest absolute Gasteiger partial charge is 0.412 e. The molecule has 12 heavy (non-hydrogen) atoms. The van der Waals surface area contributed by atoms with Gasteiger partial charge in [-0.25, -0.2) is 0 Å². The Morgan fingerprint density at radius 2 is 0.667 bits per heavy atom. The molecular formula is H11AlO7P2S2. The third-order valence-corrected chi connectivity index (χ3v) is 0. The second-order valence-corrected chi connectivity index (χ2v) is 6.02. The average molecular weight is 276 g/mol. The zero-order valence-corrected chi connectivity index (χ0v) is 8.32. The average Bonchev–Trinajstić information content (AvgIpc) is 1.12. The monoisotopic (exact) mass is 276 g/mol. The van der Waals surface area contributed by atoms with Crippen LogP contribution in [-0.2, 0) is 23.6 Å². The lowest BCUT2D eigenvalue weighted by atomic mass is 15.8. The van der Waals surface area contributed by atoms with E-state index in [0.717, 1.165) is 0 Å². The first-order valence-electron chi connectivity index (χ1n) is 1.57. The topological polar surface area (TPSA) is 153 Å². The van der Waals surface area contributed by atoms with Crippen LogP contribution in [0.2, 0.25) is 0 Å². The van der Waals surface area contributed by atoms with Crippen LogP contribution in [0.3, 0.4) is 0 Å². The normalized spacial score (nSPS) is 9.83. The van der Waals surface area contributed by atoms with Crippen LogP contribution >= 0.6 is 13.4 Å². The molecule has 0 aliphatic heterocycles. The van der Waals surface area contributed by atoms with E-state index in [1.54, 1.807) is 0 Å². The van der Waals surface area contributed by atoms with Gasteiger partial charge in [-0.05, 0) is 23.6 Å². The summed E-state index contributed by atoms with van der Waals surface area (Å²) in [5.41, 5.74) is 0. The van der Waals surface area contributed by atoms with Crippen molar-refractivity contribution in [3.8, 4) is 0 Å². The van der Waals surface area contributed by atoms with Crippen LogP contribution in [-0.4, -0.2) is 52.2 Å². The predicted molar refractivity (Wildman–Crippen MR) is 55.4 cm³/mol. The fourth-order valence-electron chi connectivity index (χ4n) is 0. The highest BCUT2D eigenvalue weighted by Crippen LogP contribution is 2.26. The molecule has 0 heterocycles. The van der Waals surface area contributed by atoms with Crippen LogP contribution in [0.25, 0.3) is 0 Å². The third-order valence-electron chi connectivity index (χ3n) is 0. The molecule has 0 bridgehead atoms. The van der Waals surface area contributed by atoms with Gasteiger partial charge in [-0.1, -0.05) is 0 Å². The van der Waals surface area contributed by atoms with Crippen molar-refractivity contribution in [1.82, 2.24) is 0 Å². The summed E-state index contributed by atoms with van der Waals surface area (Å²) in [5, 5.41) is 0. The zero-order valence-electron chi connectivity index (χ0n) is 4.89. The number of hydrogen-bond acceptors (Lipinski definition) is 2. The fourth-order valence-corrected chi connectivity index (χ4v) is 0. The summed E-state index contributed by atoms with van der Waals surface area (Å²) in [6.07, 6.45) is 0. The van der Waals surface area contributed by atoms with Gasteiger partial charge in [-0.2, -0.15) is 0 Å². The van der Waals surface area contributed by atoms with Gasteiger partial charge in [0, 0.05) is 0 Å². The first-order valence-corrected chi connectivity index (χ1v) is 6.89. The maximum atomic E-state index is 7.56. The van der Waals surface area contributed by atoms with Crippen molar-refractivity contribution in [1.29, 1.82) is 0 Å². The van der Waals surface area contributed by atoms with E-state index >= 15 is 0 Å². The summed E-state index contributed by atoms with van der Waals surface area (Å²) >= 11 is 7.21. The molecule has 0 unspecified atom stereocenters. The van der Waals surface area contributed by atoms with Gasteiger partial charge in [0.25, 0.3) is 0 Å². The molecule has 12 heteroatoms. The lowest BCUT2D eigenvalue weighted by Gasteiger charge is -1.88. The summed E-state index contributed by atoms with van der Waals surface area (Å²) in [6, 6.07) is 0. The zero-order chi connectivity index (χ0) is 9.00. The molecule has 0 atom stereocenters. The van der Waals surface area contributed by atoms with Gasteiger partial charge in [0.1, 0.15) is 0 Å². The summed E-state index contributed by atoms with van der Waals surface area (Å²) in [5.74, 6) is 0. The SMILES string of the molecule is O.OP(O)(O)=S.OP(O)(O)=S.[AlH3]. The smallest absolute Gasteiger partial charge is 0.319 e. The minimum Gasteiger partial charge on any atom is -0.412 e. The highest BCUT2D eigenvalue weighted by atomic mass is 32.5. The van der Waals surface area contributed by atoms with Crippen LogP contribution in [0.15, 0.2) is 0 Å². The molecule has 0 saturated carbocycles. The van der Waals surface area contributed by atoms with Crippen LogP contribution in [0.5, 0.6) is 0 Å². The molecule has 0 aromatic rings. The first-order chi connectivity index (χ1) is 4.00. The third kappa shape index (κ3) is 534. The molecule has 0 rings (SSSR count). The van der Waals surface area contributed by atoms with Crippen LogP contribution in [0.1, 0.15) is 0 Å². The van der Waals surface area contributed by atoms with E-state index < -0.39 is 13.4 Å². The molecule has 0 saturated heterocycles. The second kappa shape index (κ2) is 9.12. The summed E-state index contributed by atoms with van der Waals surface area (Å²) in [6.45, 7) is -7.61. The van der Waals surface area contributed by atoms with E-state index in [2.05, 4.69) is 23.6 Å². The minimum atomic E-state index is -3.81. The lowest BCUT2D eigenvalue weighted by Crippen LogP contribution is -1.65. The van der Waals surface area contributed by atoms with Crippen molar-refractivity contribution in [3.05, 3.63) is 0 Å². The second-order valence-electron chi connectivity index (χ2n) is 1.03. The van der Waals surface area contributed by atoms with Gasteiger partial charge in [0.05, 0.1) is 0 Å². The quantitative estimate of drug-likeness (QED) is 0.196. The molecule has 0 aliphatic carbocycles. The molecule has 0 aromatic carbocycles. The predicted octanol–water partition coefficient (Wildman–Crippen LogP) is -3.63. The van der Waals surface area contributed by atoms with Gasteiger partial charge in [0.15, 0.2) is 17.4 Å². The standard InChI is InChI=1S/Al.2H3O3PS.H2O.3H/c;2*1-4(2,3)5;;;;/h;2*(H3,1,2,3,5);1H2;;;. The molecule has 0 aliphatic rings. The Labute approximate surface area is 89.3 Å². The fraction of sp³-hybridized carbons (Fsp3) is 0. The van der Waals surface area contributed by atoms with E-state index in [-0.39, 0.29) is 22.8 Å². The van der Waals surface area contributed by atoms with E-state index in [1.165, 1.54) is 0 Å². The van der Waals surface area contributed by atoms with E-state index in [1.807, 2.05) is 0 Å². The van der Waals surface area contributed by atoms with Crippen LogP contribution in [0.4, 0.5) is 0 Å². The minimum absolute atomic E-state index is 0. The Morgan fingerprint density at radius 3 is 0.667 bits per heavy atom. The summed E-state index contributed by atoms with van der Waals surface area (Å²) < 4.78 is 0. The molecule has 0 amide bonds. The first kappa shape index (κ1) is 23.4. The Balaban J connectivity index is -0.0000000457. The number of rotatable bonds is 0. The van der Waals surface area contributed by atoms with Crippen molar-refractivity contribution in [3.63, 3.8) is 0 Å². The maximum Gasteiger partial charge on any atom is 0.319 e.